The Balaban J connectivity index is 1.88. The summed E-state index contributed by atoms with van der Waals surface area (Å²) in [7, 11) is 1.92. The summed E-state index contributed by atoms with van der Waals surface area (Å²) in [6.07, 6.45) is 0.854. The molecule has 1 aliphatic heterocycles. The van der Waals surface area contributed by atoms with E-state index < -0.39 is 24.0 Å². The highest BCUT2D eigenvalue weighted by Gasteiger charge is 2.49. The van der Waals surface area contributed by atoms with Crippen molar-refractivity contribution >= 4 is 16.9 Å². The second-order valence-corrected chi connectivity index (χ2v) is 7.17. The predicted molar refractivity (Wildman–Crippen MR) is 108 cm³/mol. The maximum absolute atomic E-state index is 12.2. The average Bonchev–Trinajstić information content (AvgIpc) is 3.03. The van der Waals surface area contributed by atoms with Crippen LogP contribution in [0.5, 0.6) is 5.75 Å². The van der Waals surface area contributed by atoms with Gasteiger partial charge in [-0.15, -0.1) is 0 Å². The van der Waals surface area contributed by atoms with Crippen molar-refractivity contribution in [3.05, 3.63) is 76.0 Å². The molecule has 4 rings (SSSR count). The van der Waals surface area contributed by atoms with Gasteiger partial charge in [-0.3, -0.25) is 14.9 Å². The number of nitro groups is 1. The zero-order chi connectivity index (χ0) is 20.5. The zero-order valence-corrected chi connectivity index (χ0v) is 16.3. The first-order chi connectivity index (χ1) is 14.0. The number of para-hydroxylation sites is 2. The van der Waals surface area contributed by atoms with Crippen LogP contribution in [0.1, 0.15) is 30.4 Å². The molecule has 3 aromatic rings. The molecule has 1 aromatic heterocycles. The fraction of sp³-hybridized carbons (Fsp3) is 0.318. The van der Waals surface area contributed by atoms with Crippen LogP contribution in [0.3, 0.4) is 0 Å². The number of esters is 1. The van der Waals surface area contributed by atoms with E-state index in [0.717, 1.165) is 22.0 Å². The first kappa shape index (κ1) is 19.0. The van der Waals surface area contributed by atoms with E-state index in [9.17, 15) is 14.9 Å². The van der Waals surface area contributed by atoms with Gasteiger partial charge in [0.15, 0.2) is 6.10 Å². The molecule has 150 valence electrons. The summed E-state index contributed by atoms with van der Waals surface area (Å²) < 4.78 is 12.9. The van der Waals surface area contributed by atoms with Gasteiger partial charge in [0.05, 0.1) is 18.9 Å². The molecule has 2 aromatic carbocycles. The number of benzene rings is 2. The maximum Gasteiger partial charge on any atom is 0.309 e. The Morgan fingerprint density at radius 1 is 1.17 bits per heavy atom. The lowest BCUT2D eigenvalue weighted by Gasteiger charge is -2.34. The number of rotatable bonds is 5. The van der Waals surface area contributed by atoms with Crippen molar-refractivity contribution in [3.8, 4) is 5.75 Å². The zero-order valence-electron chi connectivity index (χ0n) is 16.3. The SMILES string of the molecule is CCOC(=O)CC1Oc2ccccc2C(c2cn(C)c3ccccc23)C1[N+](=O)[O-]. The van der Waals surface area contributed by atoms with Crippen molar-refractivity contribution in [2.45, 2.75) is 31.4 Å². The van der Waals surface area contributed by atoms with Crippen LogP contribution in [0, 0.1) is 10.1 Å². The summed E-state index contributed by atoms with van der Waals surface area (Å²) in [5, 5.41) is 13.2. The molecule has 3 unspecified atom stereocenters. The second kappa shape index (κ2) is 7.58. The van der Waals surface area contributed by atoms with Gasteiger partial charge in [0, 0.05) is 34.6 Å². The molecule has 0 aliphatic carbocycles. The van der Waals surface area contributed by atoms with E-state index in [1.54, 1.807) is 13.0 Å². The van der Waals surface area contributed by atoms with Crippen LogP contribution in [-0.2, 0) is 16.6 Å². The molecule has 0 spiro atoms. The van der Waals surface area contributed by atoms with Crippen LogP contribution < -0.4 is 4.74 Å². The molecular weight excluding hydrogens is 372 g/mol. The van der Waals surface area contributed by atoms with Gasteiger partial charge in [-0.1, -0.05) is 36.4 Å². The summed E-state index contributed by atoms with van der Waals surface area (Å²) in [5.41, 5.74) is 2.61. The van der Waals surface area contributed by atoms with Crippen molar-refractivity contribution in [2.24, 2.45) is 7.05 Å². The fourth-order valence-corrected chi connectivity index (χ4v) is 4.25. The number of fused-ring (bicyclic) bond motifs is 2. The van der Waals surface area contributed by atoms with Gasteiger partial charge in [0.2, 0.25) is 0 Å². The third kappa shape index (κ3) is 3.33. The Bertz CT molecular complexity index is 1070. The topological polar surface area (TPSA) is 83.6 Å². The summed E-state index contributed by atoms with van der Waals surface area (Å²) in [6.45, 7) is 1.93. The first-order valence-electron chi connectivity index (χ1n) is 9.60. The Kier molecular flexibility index (Phi) is 4.96. The van der Waals surface area contributed by atoms with Crippen LogP contribution in [0.4, 0.5) is 0 Å². The first-order valence-corrected chi connectivity index (χ1v) is 9.60. The van der Waals surface area contributed by atoms with Crippen LogP contribution >= 0.6 is 0 Å². The smallest absolute Gasteiger partial charge is 0.309 e. The van der Waals surface area contributed by atoms with Crippen LogP contribution in [0.2, 0.25) is 0 Å². The number of carbonyl (C=O) groups is 1. The molecule has 7 heteroatoms. The summed E-state index contributed by atoms with van der Waals surface area (Å²) in [5.74, 6) is -0.473. The molecule has 7 nitrogen and oxygen atoms in total. The average molecular weight is 394 g/mol. The molecule has 3 atom stereocenters. The predicted octanol–water partition coefficient (Wildman–Crippen LogP) is 3.67. The number of aryl methyl sites for hydroxylation is 1. The van der Waals surface area contributed by atoms with E-state index in [0.29, 0.717) is 5.75 Å². The van der Waals surface area contributed by atoms with Gasteiger partial charge in [-0.2, -0.15) is 0 Å². The molecule has 0 saturated carbocycles. The van der Waals surface area contributed by atoms with Crippen LogP contribution in [-0.4, -0.2) is 34.2 Å². The van der Waals surface area contributed by atoms with E-state index in [1.165, 1.54) is 0 Å². The number of hydrogen-bond donors (Lipinski definition) is 0. The Morgan fingerprint density at radius 3 is 2.66 bits per heavy atom. The highest BCUT2D eigenvalue weighted by molar-refractivity contribution is 5.85. The van der Waals surface area contributed by atoms with E-state index in [-0.39, 0.29) is 18.0 Å². The van der Waals surface area contributed by atoms with E-state index in [2.05, 4.69) is 0 Å². The fourth-order valence-electron chi connectivity index (χ4n) is 4.25. The van der Waals surface area contributed by atoms with Crippen molar-refractivity contribution in [3.63, 3.8) is 0 Å². The highest BCUT2D eigenvalue weighted by Crippen LogP contribution is 2.44. The van der Waals surface area contributed by atoms with Gasteiger partial charge >= 0.3 is 5.97 Å². The molecule has 1 aliphatic rings. The van der Waals surface area contributed by atoms with Gasteiger partial charge in [0.1, 0.15) is 5.75 Å². The molecule has 0 N–H and O–H groups in total. The normalized spacial score (nSPS) is 20.7. The lowest BCUT2D eigenvalue weighted by atomic mass is 9.79. The largest absolute Gasteiger partial charge is 0.482 e. The van der Waals surface area contributed by atoms with Gasteiger partial charge in [-0.25, -0.2) is 0 Å². The maximum atomic E-state index is 12.2. The number of carbonyl (C=O) groups excluding carboxylic acids is 1. The van der Waals surface area contributed by atoms with Crippen LogP contribution in [0.15, 0.2) is 54.7 Å². The van der Waals surface area contributed by atoms with Crippen molar-refractivity contribution in [2.75, 3.05) is 6.61 Å². The van der Waals surface area contributed by atoms with Crippen molar-refractivity contribution < 1.29 is 19.2 Å². The van der Waals surface area contributed by atoms with E-state index >= 15 is 0 Å². The molecule has 0 saturated heterocycles. The number of hydrogen-bond acceptors (Lipinski definition) is 5. The number of aromatic nitrogens is 1. The number of nitrogens with zero attached hydrogens (tertiary/aromatic N) is 2. The lowest BCUT2D eigenvalue weighted by Crippen LogP contribution is -2.47. The summed E-state index contributed by atoms with van der Waals surface area (Å²) in [6, 6.07) is 14.0. The minimum atomic E-state index is -1.11. The third-order valence-corrected chi connectivity index (χ3v) is 5.43. The number of ether oxygens (including phenoxy) is 2. The van der Waals surface area contributed by atoms with Crippen LogP contribution in [0.25, 0.3) is 10.9 Å². The Morgan fingerprint density at radius 2 is 1.90 bits per heavy atom. The minimum absolute atomic E-state index is 0.172. The molecular formula is C22H22N2O5. The Hall–Kier alpha value is -3.35. The molecule has 2 heterocycles. The van der Waals surface area contributed by atoms with E-state index in [1.807, 2.05) is 60.3 Å². The summed E-state index contributed by atoms with van der Waals surface area (Å²) >= 11 is 0. The standard InChI is InChI=1S/C22H22N2O5/c1-3-28-20(25)12-19-22(24(26)27)21(15-9-5-7-11-18(15)29-19)16-13-23(2)17-10-6-4-8-14(16)17/h4-11,13,19,21-22H,3,12H2,1-2H3. The van der Waals surface area contributed by atoms with Crippen molar-refractivity contribution in [1.82, 2.24) is 4.57 Å². The second-order valence-electron chi connectivity index (χ2n) is 7.17. The molecule has 0 fully saturated rings. The Labute approximate surface area is 168 Å². The molecule has 29 heavy (non-hydrogen) atoms. The van der Waals surface area contributed by atoms with Gasteiger partial charge in [-0.05, 0) is 24.6 Å². The molecule has 0 amide bonds. The molecule has 0 bridgehead atoms. The van der Waals surface area contributed by atoms with Crippen molar-refractivity contribution in [1.29, 1.82) is 0 Å². The van der Waals surface area contributed by atoms with E-state index in [4.69, 9.17) is 9.47 Å². The monoisotopic (exact) mass is 394 g/mol. The minimum Gasteiger partial charge on any atom is -0.482 e. The quantitative estimate of drug-likeness (QED) is 0.375. The molecule has 0 radical (unpaired) electrons. The lowest BCUT2D eigenvalue weighted by molar-refractivity contribution is -0.537. The third-order valence-electron chi connectivity index (χ3n) is 5.43. The van der Waals surface area contributed by atoms with Gasteiger partial charge in [0.25, 0.3) is 6.04 Å². The highest BCUT2D eigenvalue weighted by atomic mass is 16.6. The summed E-state index contributed by atoms with van der Waals surface area (Å²) in [4.78, 5) is 24.0. The van der Waals surface area contributed by atoms with Gasteiger partial charge < -0.3 is 14.0 Å².